The summed E-state index contributed by atoms with van der Waals surface area (Å²) >= 11 is 1.44. The summed E-state index contributed by atoms with van der Waals surface area (Å²) in [4.78, 5) is 15.1. The van der Waals surface area contributed by atoms with Crippen LogP contribution in [0.25, 0.3) is 11.5 Å². The van der Waals surface area contributed by atoms with E-state index in [4.69, 9.17) is 14.9 Å². The van der Waals surface area contributed by atoms with Crippen molar-refractivity contribution >= 4 is 17.7 Å². The second kappa shape index (κ2) is 7.80. The Morgan fingerprint density at radius 1 is 1.28 bits per heavy atom. The van der Waals surface area contributed by atoms with E-state index in [9.17, 15) is 4.79 Å². The molecular weight excluding hydrogens is 340 g/mol. The third kappa shape index (κ3) is 4.57. The summed E-state index contributed by atoms with van der Waals surface area (Å²) in [5, 5.41) is 8.55. The first-order valence-electron chi connectivity index (χ1n) is 7.47. The van der Waals surface area contributed by atoms with E-state index in [0.29, 0.717) is 28.1 Å². The van der Waals surface area contributed by atoms with Gasteiger partial charge in [-0.05, 0) is 29.8 Å². The summed E-state index contributed by atoms with van der Waals surface area (Å²) in [7, 11) is 1.64. The lowest BCUT2D eigenvalue weighted by Gasteiger charge is -2.02. The quantitative estimate of drug-likeness (QED) is 0.648. The number of primary amides is 1. The highest BCUT2D eigenvalue weighted by atomic mass is 32.2. The Bertz CT molecular complexity index is 882. The van der Waals surface area contributed by atoms with Gasteiger partial charge in [0, 0.05) is 17.5 Å². The van der Waals surface area contributed by atoms with Crippen LogP contribution in [0.5, 0.6) is 5.75 Å². The highest BCUT2D eigenvalue weighted by Gasteiger charge is 2.11. The number of rotatable bonds is 7. The second-order valence-corrected chi connectivity index (χ2v) is 6.12. The minimum absolute atomic E-state index is 0.0689. The predicted octanol–water partition coefficient (Wildman–Crippen LogP) is 2.46. The van der Waals surface area contributed by atoms with Gasteiger partial charge >= 0.3 is 0 Å². The minimum atomic E-state index is -0.440. The predicted molar refractivity (Wildman–Crippen MR) is 93.0 cm³/mol. The van der Waals surface area contributed by atoms with Crippen LogP contribution in [-0.4, -0.2) is 28.2 Å². The summed E-state index contributed by atoms with van der Waals surface area (Å²) in [6.45, 7) is 0. The van der Waals surface area contributed by atoms with Crippen LogP contribution >= 0.6 is 11.8 Å². The van der Waals surface area contributed by atoms with Gasteiger partial charge in [0.1, 0.15) is 5.75 Å². The Balaban J connectivity index is 1.69. The Morgan fingerprint density at radius 2 is 2.16 bits per heavy atom. The van der Waals surface area contributed by atoms with Crippen molar-refractivity contribution in [1.29, 1.82) is 0 Å². The molecule has 0 saturated heterocycles. The Hall–Kier alpha value is -2.87. The molecule has 0 saturated carbocycles. The van der Waals surface area contributed by atoms with Crippen LogP contribution in [0.2, 0.25) is 0 Å². The van der Waals surface area contributed by atoms with E-state index in [1.807, 2.05) is 24.3 Å². The van der Waals surface area contributed by atoms with Gasteiger partial charge in [-0.25, -0.2) is 0 Å². The molecule has 0 aliphatic heterocycles. The van der Waals surface area contributed by atoms with Crippen LogP contribution in [0.15, 0.2) is 52.2 Å². The van der Waals surface area contributed by atoms with E-state index in [1.54, 1.807) is 25.4 Å². The number of hydrogen-bond acceptors (Lipinski definition) is 7. The zero-order valence-corrected chi connectivity index (χ0v) is 14.3. The van der Waals surface area contributed by atoms with Crippen LogP contribution in [0.1, 0.15) is 11.3 Å². The SMILES string of the molecule is COc1cccc(CSc2nnc(-c3ccnc(CC(N)=O)c3)o2)c1. The molecule has 0 unspecified atom stereocenters. The number of pyridine rings is 1. The lowest BCUT2D eigenvalue weighted by Crippen LogP contribution is -2.14. The first-order valence-corrected chi connectivity index (χ1v) is 8.45. The van der Waals surface area contributed by atoms with E-state index in [0.717, 1.165) is 11.3 Å². The number of hydrogen-bond donors (Lipinski definition) is 1. The van der Waals surface area contributed by atoms with Crippen LogP contribution in [0.3, 0.4) is 0 Å². The summed E-state index contributed by atoms with van der Waals surface area (Å²) in [6, 6.07) is 11.3. The van der Waals surface area contributed by atoms with E-state index in [-0.39, 0.29) is 6.42 Å². The molecule has 2 aromatic heterocycles. The number of amides is 1. The van der Waals surface area contributed by atoms with Crippen molar-refractivity contribution in [1.82, 2.24) is 15.2 Å². The van der Waals surface area contributed by atoms with Gasteiger partial charge in [0.05, 0.1) is 19.2 Å². The molecule has 2 heterocycles. The minimum Gasteiger partial charge on any atom is -0.497 e. The number of benzene rings is 1. The van der Waals surface area contributed by atoms with Crippen molar-refractivity contribution in [3.63, 3.8) is 0 Å². The van der Waals surface area contributed by atoms with Crippen molar-refractivity contribution in [3.05, 3.63) is 53.9 Å². The lowest BCUT2D eigenvalue weighted by atomic mass is 10.2. The fraction of sp³-hybridized carbons (Fsp3) is 0.176. The monoisotopic (exact) mass is 356 g/mol. The molecule has 1 amide bonds. The first-order chi connectivity index (χ1) is 12.1. The molecule has 2 N–H and O–H groups in total. The Morgan fingerprint density at radius 3 is 2.96 bits per heavy atom. The van der Waals surface area contributed by atoms with Crippen LogP contribution < -0.4 is 10.5 Å². The van der Waals surface area contributed by atoms with Crippen LogP contribution in [-0.2, 0) is 17.0 Å². The van der Waals surface area contributed by atoms with Crippen molar-refractivity contribution in [2.24, 2.45) is 5.73 Å². The number of aromatic nitrogens is 3. The number of nitrogens with two attached hydrogens (primary N) is 1. The fourth-order valence-corrected chi connectivity index (χ4v) is 2.88. The number of nitrogens with zero attached hydrogens (tertiary/aromatic N) is 3. The van der Waals surface area contributed by atoms with E-state index >= 15 is 0 Å². The molecular formula is C17H16N4O3S. The average Bonchev–Trinajstić information content (AvgIpc) is 3.09. The normalized spacial score (nSPS) is 10.6. The molecule has 25 heavy (non-hydrogen) atoms. The smallest absolute Gasteiger partial charge is 0.277 e. The molecule has 1 aromatic carbocycles. The Kier molecular flexibility index (Phi) is 5.30. The third-order valence-corrected chi connectivity index (χ3v) is 4.21. The molecule has 0 radical (unpaired) electrons. The summed E-state index contributed by atoms with van der Waals surface area (Å²) in [6.07, 6.45) is 1.65. The van der Waals surface area contributed by atoms with E-state index in [1.165, 1.54) is 11.8 Å². The molecule has 3 aromatic rings. The van der Waals surface area contributed by atoms with Gasteiger partial charge < -0.3 is 14.9 Å². The van der Waals surface area contributed by atoms with Crippen molar-refractivity contribution in [2.75, 3.05) is 7.11 Å². The summed E-state index contributed by atoms with van der Waals surface area (Å²) < 4.78 is 10.9. The maximum absolute atomic E-state index is 11.0. The zero-order valence-electron chi connectivity index (χ0n) is 13.5. The van der Waals surface area contributed by atoms with Gasteiger partial charge in [0.2, 0.25) is 11.8 Å². The second-order valence-electron chi connectivity index (χ2n) is 5.19. The largest absolute Gasteiger partial charge is 0.497 e. The van der Waals surface area contributed by atoms with Gasteiger partial charge in [-0.1, -0.05) is 23.9 Å². The van der Waals surface area contributed by atoms with Gasteiger partial charge in [-0.15, -0.1) is 10.2 Å². The standard InChI is InChI=1S/C17H16N4O3S/c1-23-14-4-2-3-11(7-14)10-25-17-21-20-16(24-17)12-5-6-19-13(8-12)9-15(18)22/h2-8H,9-10H2,1H3,(H2,18,22). The molecule has 0 aliphatic rings. The number of ether oxygens (including phenoxy) is 1. The maximum Gasteiger partial charge on any atom is 0.277 e. The first kappa shape index (κ1) is 17.0. The average molecular weight is 356 g/mol. The van der Waals surface area contributed by atoms with Crippen molar-refractivity contribution < 1.29 is 13.9 Å². The summed E-state index contributed by atoms with van der Waals surface area (Å²) in [5.74, 6) is 1.43. The molecule has 0 aliphatic carbocycles. The molecule has 0 bridgehead atoms. The maximum atomic E-state index is 11.0. The molecule has 128 valence electrons. The van der Waals surface area contributed by atoms with Crippen LogP contribution in [0, 0.1) is 0 Å². The molecule has 0 atom stereocenters. The van der Waals surface area contributed by atoms with Gasteiger partial charge in [-0.2, -0.15) is 0 Å². The van der Waals surface area contributed by atoms with Gasteiger partial charge in [-0.3, -0.25) is 9.78 Å². The zero-order chi connectivity index (χ0) is 17.6. The highest BCUT2D eigenvalue weighted by molar-refractivity contribution is 7.98. The summed E-state index contributed by atoms with van der Waals surface area (Å²) in [5.41, 5.74) is 7.55. The van der Waals surface area contributed by atoms with Crippen molar-refractivity contribution in [2.45, 2.75) is 17.4 Å². The number of methoxy groups -OCH3 is 1. The highest BCUT2D eigenvalue weighted by Crippen LogP contribution is 2.26. The lowest BCUT2D eigenvalue weighted by molar-refractivity contribution is -0.117. The molecule has 7 nitrogen and oxygen atoms in total. The molecule has 0 spiro atoms. The molecule has 3 rings (SSSR count). The Labute approximate surface area is 148 Å². The number of thioether (sulfide) groups is 1. The number of carbonyl (C=O) groups excluding carboxylic acids is 1. The van der Waals surface area contributed by atoms with Crippen molar-refractivity contribution in [3.8, 4) is 17.2 Å². The molecule has 0 fully saturated rings. The van der Waals surface area contributed by atoms with Crippen LogP contribution in [0.4, 0.5) is 0 Å². The third-order valence-electron chi connectivity index (χ3n) is 3.32. The van der Waals surface area contributed by atoms with E-state index in [2.05, 4.69) is 15.2 Å². The number of carbonyl (C=O) groups is 1. The van der Waals surface area contributed by atoms with Gasteiger partial charge in [0.25, 0.3) is 5.22 Å². The molecule has 8 heteroatoms. The van der Waals surface area contributed by atoms with Gasteiger partial charge in [0.15, 0.2) is 0 Å². The fourth-order valence-electron chi connectivity index (χ4n) is 2.18. The topological polar surface area (TPSA) is 104 Å². The van der Waals surface area contributed by atoms with E-state index < -0.39 is 5.91 Å².